The third kappa shape index (κ3) is 46.0. The van der Waals surface area contributed by atoms with Crippen molar-refractivity contribution in [3.63, 3.8) is 0 Å². The van der Waals surface area contributed by atoms with Crippen LogP contribution in [-0.4, -0.2) is 106 Å². The normalized spacial score (nSPS) is 23.5. The molecule has 0 unspecified atom stereocenters. The zero-order valence-electron chi connectivity index (χ0n) is 79.0. The van der Waals surface area contributed by atoms with Crippen molar-refractivity contribution >= 4 is 0 Å². The standard InChI is InChI=1S/5C17H27FN2.C17H28N2.C2H6/c5*1-17(2,3)20-15-10-8-14(9-11-15)19-12-13-6-4-5-7-16(13)18;1-17(2,3)19-16-11-9-15(10-12-16)18-13-14-7-5-4-6-8-14;1-2/h5*4-7,14-15,19-20H,8-12H2,1-3H3;4-8,15-16,18-19H,9-13H2,1-3H3;1-2H3. The monoisotopic (exact) mass is 1680 g/mol. The average molecular weight is 1680 g/mol. The summed E-state index contributed by atoms with van der Waals surface area (Å²) in [4.78, 5) is 0. The molecule has 6 aromatic carbocycles. The van der Waals surface area contributed by atoms with Gasteiger partial charge in [0, 0.05) is 173 Å². The van der Waals surface area contributed by atoms with E-state index in [0.717, 1.165) is 34.4 Å². The molecule has 0 spiro atoms. The molecule has 12 rings (SSSR count). The maximum Gasteiger partial charge on any atom is 0.127 e. The quantitative estimate of drug-likeness (QED) is 0.0262. The number of hydrogen-bond acceptors (Lipinski definition) is 12. The lowest BCUT2D eigenvalue weighted by Gasteiger charge is -2.34. The van der Waals surface area contributed by atoms with Crippen LogP contribution in [0.3, 0.4) is 0 Å². The maximum absolute atomic E-state index is 13.5. The van der Waals surface area contributed by atoms with E-state index in [9.17, 15) is 22.0 Å². The summed E-state index contributed by atoms with van der Waals surface area (Å²) in [6.45, 7) is 48.2. The van der Waals surface area contributed by atoms with E-state index in [0.29, 0.717) is 105 Å². The Morgan fingerprint density at radius 1 is 0.190 bits per heavy atom. The molecule has 0 heterocycles. The van der Waals surface area contributed by atoms with Crippen LogP contribution in [0.15, 0.2) is 152 Å². The summed E-state index contributed by atoms with van der Waals surface area (Å²) in [7, 11) is 0. The lowest BCUT2D eigenvalue weighted by atomic mass is 9.89. The molecule has 0 radical (unpaired) electrons. The molecule has 6 aliphatic rings. The van der Waals surface area contributed by atoms with Gasteiger partial charge in [0.15, 0.2) is 0 Å². The smallest absolute Gasteiger partial charge is 0.127 e. The maximum atomic E-state index is 13.5. The van der Waals surface area contributed by atoms with E-state index in [-0.39, 0.29) is 62.3 Å². The Labute approximate surface area is 733 Å². The third-order valence-corrected chi connectivity index (χ3v) is 23.3. The highest BCUT2D eigenvalue weighted by molar-refractivity contribution is 5.21. The van der Waals surface area contributed by atoms with Crippen LogP contribution in [0.5, 0.6) is 0 Å². The lowest BCUT2D eigenvalue weighted by Crippen LogP contribution is -2.47. The van der Waals surface area contributed by atoms with Crippen molar-refractivity contribution in [3.05, 3.63) is 214 Å². The molecule has 17 heteroatoms. The van der Waals surface area contributed by atoms with E-state index in [1.54, 1.807) is 30.3 Å². The Morgan fingerprint density at radius 2 is 0.322 bits per heavy atom. The highest BCUT2D eigenvalue weighted by atomic mass is 19.1. The summed E-state index contributed by atoms with van der Waals surface area (Å²) >= 11 is 0. The summed E-state index contributed by atoms with van der Waals surface area (Å²) in [5, 5.41) is 43.3. The van der Waals surface area contributed by atoms with Gasteiger partial charge in [0.05, 0.1) is 0 Å². The zero-order valence-corrected chi connectivity index (χ0v) is 79.0. The molecule has 121 heavy (non-hydrogen) atoms. The van der Waals surface area contributed by atoms with E-state index in [2.05, 4.69) is 219 Å². The van der Waals surface area contributed by atoms with Crippen molar-refractivity contribution < 1.29 is 22.0 Å². The van der Waals surface area contributed by atoms with Crippen molar-refractivity contribution in [2.24, 2.45) is 0 Å². The minimum atomic E-state index is -0.108. The highest BCUT2D eigenvalue weighted by Gasteiger charge is 2.31. The molecule has 0 aliphatic heterocycles. The molecule has 0 bridgehead atoms. The molecule has 0 amide bonds. The van der Waals surface area contributed by atoms with Gasteiger partial charge in [-0.1, -0.05) is 135 Å². The van der Waals surface area contributed by atoms with Crippen molar-refractivity contribution in [3.8, 4) is 0 Å². The first-order chi connectivity index (χ1) is 57.2. The summed E-state index contributed by atoms with van der Waals surface area (Å²) in [6, 6.07) is 52.9. The predicted molar refractivity (Wildman–Crippen MR) is 504 cm³/mol. The van der Waals surface area contributed by atoms with E-state index < -0.39 is 0 Å². The molecule has 680 valence electrons. The van der Waals surface area contributed by atoms with E-state index in [4.69, 9.17) is 0 Å². The molecule has 0 atom stereocenters. The van der Waals surface area contributed by atoms with Crippen LogP contribution in [-0.2, 0) is 39.3 Å². The summed E-state index contributed by atoms with van der Waals surface area (Å²) in [5.41, 5.74) is 6.43. The van der Waals surface area contributed by atoms with Crippen molar-refractivity contribution in [2.75, 3.05) is 0 Å². The first-order valence-electron chi connectivity index (χ1n) is 47.0. The third-order valence-electron chi connectivity index (χ3n) is 23.3. The van der Waals surface area contributed by atoms with Crippen LogP contribution >= 0.6 is 0 Å². The Balaban J connectivity index is 0.000000224. The number of hydrogen-bond donors (Lipinski definition) is 12. The van der Waals surface area contributed by atoms with Gasteiger partial charge in [0.1, 0.15) is 29.1 Å². The van der Waals surface area contributed by atoms with Crippen molar-refractivity contribution in [1.29, 1.82) is 0 Å². The second-order valence-corrected chi connectivity index (χ2v) is 41.4. The zero-order chi connectivity index (χ0) is 88.7. The molecule has 12 N–H and O–H groups in total. The Hall–Kier alpha value is -5.51. The van der Waals surface area contributed by atoms with Crippen molar-refractivity contribution in [2.45, 2.75) is 438 Å². The van der Waals surface area contributed by atoms with Crippen LogP contribution in [0.1, 0.15) is 326 Å². The average Bonchev–Trinajstić information content (AvgIpc) is 0.893. The lowest BCUT2D eigenvalue weighted by molar-refractivity contribution is 0.261. The van der Waals surface area contributed by atoms with E-state index in [1.165, 1.54) is 190 Å². The first kappa shape index (κ1) is 104. The van der Waals surface area contributed by atoms with Gasteiger partial charge in [-0.25, -0.2) is 22.0 Å². The summed E-state index contributed by atoms with van der Waals surface area (Å²) in [6.07, 6.45) is 28.9. The van der Waals surface area contributed by atoms with E-state index in [1.807, 2.05) is 74.5 Å². The fourth-order valence-electron chi connectivity index (χ4n) is 17.7. The molecule has 6 aliphatic carbocycles. The van der Waals surface area contributed by atoms with Crippen LogP contribution < -0.4 is 63.8 Å². The van der Waals surface area contributed by atoms with Gasteiger partial charge < -0.3 is 63.8 Å². The highest BCUT2D eigenvalue weighted by Crippen LogP contribution is 2.28. The molecule has 0 aromatic heterocycles. The largest absolute Gasteiger partial charge is 0.310 e. The number of halogens is 5. The van der Waals surface area contributed by atoms with Gasteiger partial charge in [-0.05, 0) is 315 Å². The van der Waals surface area contributed by atoms with Crippen LogP contribution in [0.4, 0.5) is 22.0 Å². The Kier molecular flexibility index (Phi) is 45.8. The molecular formula is C104H169F5N12. The van der Waals surface area contributed by atoms with Gasteiger partial charge in [-0.15, -0.1) is 0 Å². The number of rotatable bonds is 24. The van der Waals surface area contributed by atoms with Crippen LogP contribution in [0.25, 0.3) is 0 Å². The van der Waals surface area contributed by atoms with Crippen LogP contribution in [0.2, 0.25) is 0 Å². The molecule has 12 nitrogen and oxygen atoms in total. The van der Waals surface area contributed by atoms with Gasteiger partial charge in [0.25, 0.3) is 0 Å². The van der Waals surface area contributed by atoms with Gasteiger partial charge in [0.2, 0.25) is 0 Å². The SMILES string of the molecule is CC.CC(C)(C)NC1CCC(NCc2ccccc2)CC1.CC(C)(C)NC1CCC(NCc2ccccc2F)CC1.CC(C)(C)NC1CCC(NCc2ccccc2F)CC1.CC(C)(C)NC1CCC(NCc2ccccc2F)CC1.CC(C)(C)NC1CCC(NCc2ccccc2F)CC1.CC(C)(C)NC1CCC(NCc2ccccc2F)CC1. The topological polar surface area (TPSA) is 144 Å². The second-order valence-electron chi connectivity index (χ2n) is 41.4. The fourth-order valence-corrected chi connectivity index (χ4v) is 17.7. The van der Waals surface area contributed by atoms with Crippen molar-refractivity contribution in [1.82, 2.24) is 63.8 Å². The second kappa shape index (κ2) is 53.2. The molecule has 6 fully saturated rings. The van der Waals surface area contributed by atoms with Crippen LogP contribution in [0, 0.1) is 29.1 Å². The minimum Gasteiger partial charge on any atom is -0.310 e. The van der Waals surface area contributed by atoms with Gasteiger partial charge in [-0.2, -0.15) is 0 Å². The molecular weight excluding hydrogens is 1510 g/mol. The van der Waals surface area contributed by atoms with Gasteiger partial charge >= 0.3 is 0 Å². The Bertz CT molecular complexity index is 3220. The molecule has 6 saturated carbocycles. The summed E-state index contributed by atoms with van der Waals surface area (Å²) < 4.78 is 67.7. The predicted octanol–water partition coefficient (Wildman–Crippen LogP) is 22.6. The minimum absolute atomic E-state index is 0.108. The summed E-state index contributed by atoms with van der Waals surface area (Å²) in [5.74, 6) is -0.541. The Morgan fingerprint density at radius 3 is 0.471 bits per heavy atom. The van der Waals surface area contributed by atoms with Gasteiger partial charge in [-0.3, -0.25) is 0 Å². The fraction of sp³-hybridized carbons (Fsp3) is 0.654. The first-order valence-corrected chi connectivity index (χ1v) is 47.0. The number of nitrogens with one attached hydrogen (secondary N) is 12. The molecule has 6 aromatic rings. The van der Waals surface area contributed by atoms with E-state index >= 15 is 0 Å². The number of benzene rings is 6. The molecule has 0 saturated heterocycles.